The lowest BCUT2D eigenvalue weighted by molar-refractivity contribution is 0.499. The second-order valence-corrected chi connectivity index (χ2v) is 7.77. The first-order chi connectivity index (χ1) is 8.90. The van der Waals surface area contributed by atoms with E-state index in [-0.39, 0.29) is 5.25 Å². The fraction of sp³-hybridized carbons (Fsp3) is 0.538. The second kappa shape index (κ2) is 5.81. The molecule has 2 rings (SSSR count). The smallest absolute Gasteiger partial charge is 0.235 e. The number of nitrogens with one attached hydrogen (secondary N) is 2. The highest BCUT2D eigenvalue weighted by molar-refractivity contribution is 9.10. The monoisotopic (exact) mass is 346 g/mol. The van der Waals surface area contributed by atoms with Crippen LogP contribution in [0.1, 0.15) is 24.0 Å². The lowest BCUT2D eigenvalue weighted by Gasteiger charge is -2.23. The number of rotatable bonds is 3. The predicted molar refractivity (Wildman–Crippen MR) is 82.1 cm³/mol. The lowest BCUT2D eigenvalue weighted by atomic mass is 10.1. The Balaban J connectivity index is 2.20. The third kappa shape index (κ3) is 3.49. The molecule has 0 atom stereocenters. The van der Waals surface area contributed by atoms with Gasteiger partial charge in [0.15, 0.2) is 0 Å². The molecule has 19 heavy (non-hydrogen) atoms. The molecule has 0 amide bonds. The lowest BCUT2D eigenvalue weighted by Crippen LogP contribution is -2.38. The van der Waals surface area contributed by atoms with Gasteiger partial charge in [0.2, 0.25) is 10.0 Å². The first-order valence-corrected chi connectivity index (χ1v) is 8.73. The number of hydrogen-bond acceptors (Lipinski definition) is 3. The first kappa shape index (κ1) is 14.8. The molecule has 1 aliphatic heterocycles. The molecule has 0 aromatic heterocycles. The summed E-state index contributed by atoms with van der Waals surface area (Å²) in [6, 6.07) is 3.71. The third-order valence-electron chi connectivity index (χ3n) is 3.42. The minimum atomic E-state index is -3.29. The van der Waals surface area contributed by atoms with Gasteiger partial charge in [-0.15, -0.1) is 0 Å². The molecule has 1 aromatic rings. The molecular formula is C13H19BrN2O2S. The van der Waals surface area contributed by atoms with Crippen molar-refractivity contribution in [2.45, 2.75) is 31.9 Å². The molecule has 1 heterocycles. The highest BCUT2D eigenvalue weighted by Crippen LogP contribution is 2.26. The Labute approximate surface area is 123 Å². The summed E-state index contributed by atoms with van der Waals surface area (Å²) in [5.74, 6) is 0. The van der Waals surface area contributed by atoms with E-state index in [9.17, 15) is 8.42 Å². The Morgan fingerprint density at radius 2 is 1.74 bits per heavy atom. The summed E-state index contributed by atoms with van der Waals surface area (Å²) in [6.45, 7) is 5.45. The molecule has 0 spiro atoms. The highest BCUT2D eigenvalue weighted by Gasteiger charge is 2.27. The minimum absolute atomic E-state index is 0.294. The Hall–Kier alpha value is -0.590. The van der Waals surface area contributed by atoms with E-state index in [0.717, 1.165) is 28.7 Å². The van der Waals surface area contributed by atoms with Crippen LogP contribution in [0.5, 0.6) is 0 Å². The minimum Gasteiger partial charge on any atom is -0.317 e. The van der Waals surface area contributed by atoms with E-state index >= 15 is 0 Å². The maximum absolute atomic E-state index is 12.3. The quantitative estimate of drug-likeness (QED) is 0.884. The van der Waals surface area contributed by atoms with Crippen molar-refractivity contribution < 1.29 is 8.42 Å². The van der Waals surface area contributed by atoms with E-state index in [1.807, 2.05) is 26.0 Å². The van der Waals surface area contributed by atoms with Crippen molar-refractivity contribution in [3.63, 3.8) is 0 Å². The van der Waals surface area contributed by atoms with Crippen LogP contribution in [-0.4, -0.2) is 26.8 Å². The van der Waals surface area contributed by atoms with Crippen LogP contribution in [0.4, 0.5) is 5.69 Å². The van der Waals surface area contributed by atoms with E-state index in [2.05, 4.69) is 26.0 Å². The molecule has 2 N–H and O–H groups in total. The third-order valence-corrected chi connectivity index (χ3v) is 6.54. The fourth-order valence-corrected chi connectivity index (χ4v) is 4.06. The molecule has 0 saturated carbocycles. The van der Waals surface area contributed by atoms with Gasteiger partial charge in [0, 0.05) is 10.2 Å². The number of halogens is 1. The van der Waals surface area contributed by atoms with Gasteiger partial charge in [-0.05, 0) is 63.0 Å². The van der Waals surface area contributed by atoms with E-state index < -0.39 is 10.0 Å². The van der Waals surface area contributed by atoms with Crippen molar-refractivity contribution in [2.24, 2.45) is 0 Å². The molecule has 0 unspecified atom stereocenters. The van der Waals surface area contributed by atoms with E-state index in [1.165, 1.54) is 0 Å². The average Bonchev–Trinajstić information content (AvgIpc) is 2.36. The Morgan fingerprint density at radius 1 is 1.21 bits per heavy atom. The maximum atomic E-state index is 12.3. The molecule has 106 valence electrons. The van der Waals surface area contributed by atoms with Crippen LogP contribution in [0.3, 0.4) is 0 Å². The van der Waals surface area contributed by atoms with Crippen LogP contribution in [0.25, 0.3) is 0 Å². The summed E-state index contributed by atoms with van der Waals surface area (Å²) >= 11 is 3.48. The molecule has 0 aliphatic carbocycles. The van der Waals surface area contributed by atoms with Crippen LogP contribution < -0.4 is 10.0 Å². The number of anilines is 1. The molecule has 0 radical (unpaired) electrons. The SMILES string of the molecule is Cc1cc(NS(=O)(=O)C2CCNCC2)cc(C)c1Br. The van der Waals surface area contributed by atoms with Crippen molar-refractivity contribution >= 4 is 31.6 Å². The molecule has 1 aliphatic rings. The first-order valence-electron chi connectivity index (χ1n) is 6.39. The summed E-state index contributed by atoms with van der Waals surface area (Å²) in [5, 5.41) is 2.88. The van der Waals surface area contributed by atoms with E-state index in [4.69, 9.17) is 0 Å². The zero-order valence-electron chi connectivity index (χ0n) is 11.2. The van der Waals surface area contributed by atoms with Crippen LogP contribution in [-0.2, 0) is 10.0 Å². The summed E-state index contributed by atoms with van der Waals surface area (Å²) in [7, 11) is -3.29. The molecular weight excluding hydrogens is 328 g/mol. The Bertz CT molecular complexity index is 543. The zero-order chi connectivity index (χ0) is 14.0. The topological polar surface area (TPSA) is 58.2 Å². The van der Waals surface area contributed by atoms with Crippen molar-refractivity contribution in [1.82, 2.24) is 5.32 Å². The number of sulfonamides is 1. The highest BCUT2D eigenvalue weighted by atomic mass is 79.9. The number of aryl methyl sites for hydroxylation is 2. The molecule has 1 saturated heterocycles. The van der Waals surface area contributed by atoms with Crippen LogP contribution >= 0.6 is 15.9 Å². The molecule has 1 aromatic carbocycles. The van der Waals surface area contributed by atoms with Crippen LogP contribution in [0, 0.1) is 13.8 Å². The summed E-state index contributed by atoms with van der Waals surface area (Å²) < 4.78 is 28.4. The van der Waals surface area contributed by atoms with Gasteiger partial charge in [-0.3, -0.25) is 4.72 Å². The van der Waals surface area contributed by atoms with Crippen molar-refractivity contribution in [3.05, 3.63) is 27.7 Å². The van der Waals surface area contributed by atoms with E-state index in [0.29, 0.717) is 18.5 Å². The number of benzene rings is 1. The predicted octanol–water partition coefficient (Wildman–Crippen LogP) is 2.56. The molecule has 4 nitrogen and oxygen atoms in total. The van der Waals surface area contributed by atoms with Crippen molar-refractivity contribution in [3.8, 4) is 0 Å². The standard InChI is InChI=1S/C13H19BrN2O2S/c1-9-7-11(8-10(2)13(9)14)16-19(17,18)12-3-5-15-6-4-12/h7-8,12,15-16H,3-6H2,1-2H3. The largest absolute Gasteiger partial charge is 0.317 e. The average molecular weight is 347 g/mol. The summed E-state index contributed by atoms with van der Waals surface area (Å²) in [5.41, 5.74) is 2.71. The van der Waals surface area contributed by atoms with Gasteiger partial charge in [0.1, 0.15) is 0 Å². The molecule has 6 heteroatoms. The van der Waals surface area contributed by atoms with Gasteiger partial charge in [-0.2, -0.15) is 0 Å². The van der Waals surface area contributed by atoms with Gasteiger partial charge < -0.3 is 5.32 Å². The zero-order valence-corrected chi connectivity index (χ0v) is 13.6. The fourth-order valence-electron chi connectivity index (χ4n) is 2.36. The van der Waals surface area contributed by atoms with Gasteiger partial charge >= 0.3 is 0 Å². The van der Waals surface area contributed by atoms with Gasteiger partial charge in [0.05, 0.1) is 5.25 Å². The van der Waals surface area contributed by atoms with E-state index in [1.54, 1.807) is 0 Å². The summed E-state index contributed by atoms with van der Waals surface area (Å²) in [6.07, 6.45) is 1.34. The van der Waals surface area contributed by atoms with Crippen LogP contribution in [0.15, 0.2) is 16.6 Å². The second-order valence-electron chi connectivity index (χ2n) is 5.02. The molecule has 0 bridgehead atoms. The Kier molecular flexibility index (Phi) is 4.53. The normalized spacial score (nSPS) is 17.4. The summed E-state index contributed by atoms with van der Waals surface area (Å²) in [4.78, 5) is 0. The Morgan fingerprint density at radius 3 is 2.26 bits per heavy atom. The van der Waals surface area contributed by atoms with Gasteiger partial charge in [-0.1, -0.05) is 15.9 Å². The van der Waals surface area contributed by atoms with Crippen molar-refractivity contribution in [1.29, 1.82) is 0 Å². The van der Waals surface area contributed by atoms with Gasteiger partial charge in [0.25, 0.3) is 0 Å². The maximum Gasteiger partial charge on any atom is 0.235 e. The van der Waals surface area contributed by atoms with Crippen molar-refractivity contribution in [2.75, 3.05) is 17.8 Å². The number of hydrogen-bond donors (Lipinski definition) is 2. The van der Waals surface area contributed by atoms with Gasteiger partial charge in [-0.25, -0.2) is 8.42 Å². The molecule has 1 fully saturated rings. The van der Waals surface area contributed by atoms with Crippen LogP contribution in [0.2, 0.25) is 0 Å². The number of piperidine rings is 1.